The van der Waals surface area contributed by atoms with E-state index in [2.05, 4.69) is 0 Å². The first-order valence-corrected chi connectivity index (χ1v) is 15.2. The van der Waals surface area contributed by atoms with Crippen molar-refractivity contribution in [2.24, 2.45) is 0 Å². The molecule has 0 saturated carbocycles. The second-order valence-corrected chi connectivity index (χ2v) is 25.9. The first kappa shape index (κ1) is 16.5. The number of rotatable bonds is 0. The number of halogens is 4. The molecule has 0 heterocycles. The molecule has 0 nitrogen and oxygen atoms in total. The van der Waals surface area contributed by atoms with Gasteiger partial charge in [0.1, 0.15) is 0 Å². The van der Waals surface area contributed by atoms with Crippen LogP contribution in [0.1, 0.15) is 0 Å². The predicted octanol–water partition coefficient (Wildman–Crippen LogP) is 2.37. The van der Waals surface area contributed by atoms with Crippen LogP contribution in [-0.4, -0.2) is 13.9 Å². The third-order valence-electron chi connectivity index (χ3n) is 0. The van der Waals surface area contributed by atoms with Crippen molar-refractivity contribution in [3.8, 4) is 0 Å². The molecule has 7 heavy (non-hydrogen) atoms. The standard InChI is InChI=1S/4ClH.Cu.Fe.Sn/h4*1H;;;/q;;;;;;+4/p-4. The summed E-state index contributed by atoms with van der Waals surface area (Å²) in [4.78, 5) is 0. The van der Waals surface area contributed by atoms with Gasteiger partial charge in [0, 0.05) is 34.1 Å². The monoisotopic (exact) mass is 379 g/mol. The Morgan fingerprint density at radius 3 is 0.857 bits per heavy atom. The van der Waals surface area contributed by atoms with E-state index in [0.29, 0.717) is 0 Å². The fourth-order valence-corrected chi connectivity index (χ4v) is 0. The van der Waals surface area contributed by atoms with E-state index in [4.69, 9.17) is 35.7 Å². The molecule has 0 aromatic heterocycles. The topological polar surface area (TPSA) is 0 Å². The van der Waals surface area contributed by atoms with Gasteiger partial charge in [-0.1, -0.05) is 0 Å². The molecule has 0 aliphatic heterocycles. The van der Waals surface area contributed by atoms with Gasteiger partial charge >= 0.3 is 49.6 Å². The molecule has 0 bridgehead atoms. The summed E-state index contributed by atoms with van der Waals surface area (Å²) < 4.78 is 0. The van der Waals surface area contributed by atoms with Gasteiger partial charge in [-0.3, -0.25) is 0 Å². The normalized spacial score (nSPS) is 8.57. The van der Waals surface area contributed by atoms with Crippen LogP contribution in [0.15, 0.2) is 0 Å². The maximum Gasteiger partial charge on any atom is 0 e. The number of hydrogen-bond acceptors (Lipinski definition) is 0. The first-order chi connectivity index (χ1) is 2.00. The minimum atomic E-state index is -3.29. The van der Waals surface area contributed by atoms with Crippen LogP contribution in [0.2, 0.25) is 0 Å². The van der Waals surface area contributed by atoms with E-state index in [-0.39, 0.29) is 34.1 Å². The van der Waals surface area contributed by atoms with Crippen LogP contribution < -0.4 is 0 Å². The minimum absolute atomic E-state index is 0. The summed E-state index contributed by atoms with van der Waals surface area (Å²) in [5.41, 5.74) is 0. The zero-order chi connectivity index (χ0) is 4.50. The van der Waals surface area contributed by atoms with Gasteiger partial charge in [-0.2, -0.15) is 0 Å². The molecule has 0 rings (SSSR count). The van der Waals surface area contributed by atoms with Gasteiger partial charge in [-0.25, -0.2) is 0 Å². The Bertz CT molecular complexity index is 27.2. The Morgan fingerprint density at radius 2 is 0.857 bits per heavy atom. The SMILES string of the molecule is [Cl][Sn]([Cl])([Cl])[Cl].[Cu].[Fe]. The van der Waals surface area contributed by atoms with E-state index >= 15 is 0 Å². The Labute approximate surface area is 82.3 Å². The van der Waals surface area contributed by atoms with Crippen molar-refractivity contribution in [3.63, 3.8) is 0 Å². The second kappa shape index (κ2) is 7.11. The van der Waals surface area contributed by atoms with Gasteiger partial charge < -0.3 is 0 Å². The molecule has 0 fully saturated rings. The smallest absolute Gasteiger partial charge is 0 e. The Hall–Kier alpha value is 3.00. The zero-order valence-electron chi connectivity index (χ0n) is 2.67. The van der Waals surface area contributed by atoms with Crippen molar-refractivity contribution in [3.05, 3.63) is 0 Å². The average Bonchev–Trinajstić information content (AvgIpc) is 0.722. The van der Waals surface area contributed by atoms with E-state index in [1.165, 1.54) is 0 Å². The van der Waals surface area contributed by atoms with Gasteiger partial charge in [0.05, 0.1) is 0 Å². The summed E-state index contributed by atoms with van der Waals surface area (Å²) in [5, 5.41) is 0. The zero-order valence-corrected chi connectivity index (χ0v) is 10.6. The van der Waals surface area contributed by atoms with Crippen molar-refractivity contribution in [1.82, 2.24) is 0 Å². The summed E-state index contributed by atoms with van der Waals surface area (Å²) in [6, 6.07) is 0. The van der Waals surface area contributed by atoms with Crippen LogP contribution >= 0.6 is 35.7 Å². The Kier molecular flexibility index (Phi) is 16.8. The number of hydrogen-bond donors (Lipinski definition) is 0. The predicted molar refractivity (Wildman–Crippen MR) is 29.2 cm³/mol. The summed E-state index contributed by atoms with van der Waals surface area (Å²) in [5.74, 6) is 0. The molecule has 0 aliphatic carbocycles. The molecule has 0 N–H and O–H groups in total. The molecule has 0 unspecified atom stereocenters. The fourth-order valence-electron chi connectivity index (χ4n) is 0. The van der Waals surface area contributed by atoms with Crippen molar-refractivity contribution in [1.29, 1.82) is 0 Å². The molecule has 0 aromatic rings. The molecule has 1 radical (unpaired) electrons. The van der Waals surface area contributed by atoms with Gasteiger partial charge in [0.2, 0.25) is 0 Å². The Balaban J connectivity index is -0.0000000800. The minimum Gasteiger partial charge on any atom is 0 e. The summed E-state index contributed by atoms with van der Waals surface area (Å²) in [7, 11) is 20.1. The second-order valence-electron chi connectivity index (χ2n) is 0.429. The molecular formula is Cl4CuFeSn. The van der Waals surface area contributed by atoms with E-state index < -0.39 is 13.9 Å². The van der Waals surface area contributed by atoms with Gasteiger partial charge in [0.15, 0.2) is 0 Å². The maximum absolute atomic E-state index is 5.04. The van der Waals surface area contributed by atoms with Crippen LogP contribution in [0.4, 0.5) is 0 Å². The van der Waals surface area contributed by atoms with Crippen molar-refractivity contribution in [2.45, 2.75) is 0 Å². The fraction of sp³-hybridized carbons (Fsp3) is 0. The van der Waals surface area contributed by atoms with Crippen molar-refractivity contribution in [2.75, 3.05) is 0 Å². The molecular weight excluding hydrogens is 380 g/mol. The average molecular weight is 380 g/mol. The molecule has 7 heteroatoms. The molecule has 0 saturated heterocycles. The molecule has 0 amide bonds. The third kappa shape index (κ3) is 49.0. The summed E-state index contributed by atoms with van der Waals surface area (Å²) in [6.45, 7) is 0. The van der Waals surface area contributed by atoms with Crippen LogP contribution in [0.3, 0.4) is 0 Å². The quantitative estimate of drug-likeness (QED) is 0.567. The molecule has 0 atom stereocenters. The third-order valence-corrected chi connectivity index (χ3v) is 0. The molecule has 0 spiro atoms. The summed E-state index contributed by atoms with van der Waals surface area (Å²) >= 11 is -3.29. The summed E-state index contributed by atoms with van der Waals surface area (Å²) in [6.07, 6.45) is 0. The Morgan fingerprint density at radius 1 is 0.857 bits per heavy atom. The van der Waals surface area contributed by atoms with Gasteiger partial charge in [-0.05, 0) is 0 Å². The van der Waals surface area contributed by atoms with Crippen molar-refractivity contribution >= 4 is 49.6 Å². The van der Waals surface area contributed by atoms with E-state index in [1.54, 1.807) is 0 Å². The van der Waals surface area contributed by atoms with Crippen LogP contribution in [0.5, 0.6) is 0 Å². The molecule has 51 valence electrons. The van der Waals surface area contributed by atoms with E-state index in [0.717, 1.165) is 0 Å². The largest absolute Gasteiger partial charge is 0 e. The van der Waals surface area contributed by atoms with Gasteiger partial charge in [-0.15, -0.1) is 0 Å². The maximum atomic E-state index is 5.04. The first-order valence-electron chi connectivity index (χ1n) is 0.756. The molecule has 0 aromatic carbocycles. The van der Waals surface area contributed by atoms with Crippen LogP contribution in [-0.2, 0) is 34.1 Å². The van der Waals surface area contributed by atoms with Crippen molar-refractivity contribution < 1.29 is 34.1 Å². The van der Waals surface area contributed by atoms with Crippen LogP contribution in [0.25, 0.3) is 0 Å². The van der Waals surface area contributed by atoms with Gasteiger partial charge in [0.25, 0.3) is 0 Å². The van der Waals surface area contributed by atoms with E-state index in [9.17, 15) is 0 Å². The molecule has 0 aliphatic rings. The van der Waals surface area contributed by atoms with E-state index in [1.807, 2.05) is 0 Å². The van der Waals surface area contributed by atoms with Crippen LogP contribution in [0, 0.1) is 0 Å².